The molecular formula is C21H12N4O3. The Morgan fingerprint density at radius 3 is 2.50 bits per heavy atom. The number of nitro groups is 1. The molecule has 134 valence electrons. The van der Waals surface area contributed by atoms with Gasteiger partial charge < -0.3 is 4.74 Å². The van der Waals surface area contributed by atoms with E-state index < -0.39 is 4.92 Å². The van der Waals surface area contributed by atoms with Gasteiger partial charge in [0.05, 0.1) is 27.5 Å². The third-order valence-corrected chi connectivity index (χ3v) is 4.08. The Morgan fingerprint density at radius 2 is 1.75 bits per heavy atom. The van der Waals surface area contributed by atoms with E-state index in [0.717, 1.165) is 0 Å². The number of nitro benzene ring substituents is 1. The Balaban J connectivity index is 1.82. The number of rotatable bonds is 4. The number of benzene rings is 3. The van der Waals surface area contributed by atoms with Gasteiger partial charge >= 0.3 is 0 Å². The average Bonchev–Trinajstić information content (AvgIpc) is 2.74. The Morgan fingerprint density at radius 1 is 0.964 bits per heavy atom. The second-order valence-corrected chi connectivity index (χ2v) is 5.92. The highest BCUT2D eigenvalue weighted by molar-refractivity contribution is 5.85. The number of hydrogen-bond donors (Lipinski definition) is 0. The van der Waals surface area contributed by atoms with Crippen molar-refractivity contribution in [3.63, 3.8) is 0 Å². The van der Waals surface area contributed by atoms with Gasteiger partial charge in [0.2, 0.25) is 5.88 Å². The molecule has 4 rings (SSSR count). The fourth-order valence-electron chi connectivity index (χ4n) is 2.72. The third kappa shape index (κ3) is 3.34. The summed E-state index contributed by atoms with van der Waals surface area (Å²) in [5, 5.41) is 20.7. The first kappa shape index (κ1) is 17.1. The molecule has 7 nitrogen and oxygen atoms in total. The van der Waals surface area contributed by atoms with Crippen LogP contribution < -0.4 is 4.74 Å². The minimum absolute atomic E-state index is 0.0381. The van der Waals surface area contributed by atoms with Crippen LogP contribution in [-0.4, -0.2) is 14.9 Å². The van der Waals surface area contributed by atoms with Crippen molar-refractivity contribution in [2.24, 2.45) is 0 Å². The molecule has 1 aromatic heterocycles. The molecule has 1 heterocycles. The molecule has 0 spiro atoms. The third-order valence-electron chi connectivity index (χ3n) is 4.08. The van der Waals surface area contributed by atoms with Crippen LogP contribution in [0.15, 0.2) is 72.8 Å². The minimum Gasteiger partial charge on any atom is -0.438 e. The van der Waals surface area contributed by atoms with Crippen molar-refractivity contribution in [2.75, 3.05) is 0 Å². The van der Waals surface area contributed by atoms with E-state index in [2.05, 4.69) is 16.0 Å². The zero-order chi connectivity index (χ0) is 19.5. The molecule has 0 radical (unpaired) electrons. The van der Waals surface area contributed by atoms with Crippen LogP contribution in [0.3, 0.4) is 0 Å². The van der Waals surface area contributed by atoms with Crippen molar-refractivity contribution in [1.82, 2.24) is 9.97 Å². The lowest BCUT2D eigenvalue weighted by Crippen LogP contribution is -1.97. The highest BCUT2D eigenvalue weighted by atomic mass is 16.6. The first-order valence-corrected chi connectivity index (χ1v) is 8.34. The van der Waals surface area contributed by atoms with E-state index in [1.54, 1.807) is 36.4 Å². The van der Waals surface area contributed by atoms with Crippen molar-refractivity contribution in [3.05, 3.63) is 88.5 Å². The summed E-state index contributed by atoms with van der Waals surface area (Å²) in [6, 6.07) is 22.2. The van der Waals surface area contributed by atoms with E-state index >= 15 is 0 Å². The van der Waals surface area contributed by atoms with Crippen LogP contribution >= 0.6 is 0 Å². The summed E-state index contributed by atoms with van der Waals surface area (Å²) in [5.74, 6) is 1.18. The molecule has 0 bridgehead atoms. The molecule has 7 heteroatoms. The van der Waals surface area contributed by atoms with E-state index in [1.807, 2.05) is 24.3 Å². The summed E-state index contributed by atoms with van der Waals surface area (Å²) in [7, 11) is 0. The maximum absolute atomic E-state index is 11.1. The van der Waals surface area contributed by atoms with Crippen LogP contribution in [0, 0.1) is 21.4 Å². The fourth-order valence-corrected chi connectivity index (χ4v) is 2.72. The van der Waals surface area contributed by atoms with Crippen molar-refractivity contribution in [3.8, 4) is 29.1 Å². The zero-order valence-electron chi connectivity index (χ0n) is 14.4. The molecule has 0 aliphatic carbocycles. The van der Waals surface area contributed by atoms with Crippen molar-refractivity contribution < 1.29 is 9.66 Å². The van der Waals surface area contributed by atoms with E-state index in [9.17, 15) is 10.1 Å². The lowest BCUT2D eigenvalue weighted by molar-refractivity contribution is -0.384. The van der Waals surface area contributed by atoms with Gasteiger partial charge in [-0.3, -0.25) is 10.1 Å². The first-order valence-electron chi connectivity index (χ1n) is 8.34. The molecule has 3 aromatic carbocycles. The van der Waals surface area contributed by atoms with Gasteiger partial charge in [-0.15, -0.1) is 0 Å². The number of fused-ring (bicyclic) bond motifs is 1. The Kier molecular flexibility index (Phi) is 4.36. The molecule has 0 amide bonds. The molecule has 0 fully saturated rings. The highest BCUT2D eigenvalue weighted by Gasteiger charge is 2.14. The number of ether oxygens (including phenoxy) is 1. The smallest absolute Gasteiger partial charge is 0.270 e. The van der Waals surface area contributed by atoms with Gasteiger partial charge in [-0.1, -0.05) is 24.3 Å². The zero-order valence-corrected chi connectivity index (χ0v) is 14.4. The topological polar surface area (TPSA) is 102 Å². The van der Waals surface area contributed by atoms with Gasteiger partial charge in [0.1, 0.15) is 5.75 Å². The SMILES string of the molecule is N#Cc1ccc(Oc2nc(-c3cccc([N+](=O)[O-])c3)nc3ccccc23)cc1. The number of nitrogens with zero attached hydrogens (tertiary/aromatic N) is 4. The van der Waals surface area contributed by atoms with Crippen LogP contribution in [0.25, 0.3) is 22.3 Å². The minimum atomic E-state index is -0.460. The number of aromatic nitrogens is 2. The molecule has 0 saturated carbocycles. The normalized spacial score (nSPS) is 10.4. The van der Waals surface area contributed by atoms with E-state index in [1.165, 1.54) is 12.1 Å². The number of nitriles is 1. The van der Waals surface area contributed by atoms with Gasteiger partial charge in [-0.2, -0.15) is 10.2 Å². The van der Waals surface area contributed by atoms with Crippen LogP contribution in [-0.2, 0) is 0 Å². The standard InChI is InChI=1S/C21H12N4O3/c22-13-14-8-10-17(11-9-14)28-21-18-6-1-2-7-19(18)23-20(24-21)15-4-3-5-16(12-15)25(26)27/h1-12H. The molecule has 0 aliphatic heterocycles. The van der Waals surface area contributed by atoms with E-state index in [0.29, 0.717) is 39.5 Å². The number of hydrogen-bond acceptors (Lipinski definition) is 6. The largest absolute Gasteiger partial charge is 0.438 e. The summed E-state index contributed by atoms with van der Waals surface area (Å²) in [6.07, 6.45) is 0. The van der Waals surface area contributed by atoms with Crippen LogP contribution in [0.5, 0.6) is 11.6 Å². The maximum atomic E-state index is 11.1. The van der Waals surface area contributed by atoms with E-state index in [-0.39, 0.29) is 5.69 Å². The summed E-state index contributed by atoms with van der Waals surface area (Å²) >= 11 is 0. The van der Waals surface area contributed by atoms with E-state index in [4.69, 9.17) is 10.00 Å². The lowest BCUT2D eigenvalue weighted by Gasteiger charge is -2.10. The predicted octanol–water partition coefficient (Wildman–Crippen LogP) is 4.87. The molecule has 0 unspecified atom stereocenters. The predicted molar refractivity (Wildman–Crippen MR) is 103 cm³/mol. The summed E-state index contributed by atoms with van der Waals surface area (Å²) in [5.41, 5.74) is 1.66. The number of para-hydroxylation sites is 1. The number of non-ortho nitro benzene ring substituents is 1. The quantitative estimate of drug-likeness (QED) is 0.376. The van der Waals surface area contributed by atoms with Crippen molar-refractivity contribution in [1.29, 1.82) is 5.26 Å². The molecule has 0 N–H and O–H groups in total. The van der Waals surface area contributed by atoms with Crippen LogP contribution in [0.4, 0.5) is 5.69 Å². The Bertz CT molecular complexity index is 1230. The molecule has 0 aliphatic rings. The van der Waals surface area contributed by atoms with Gasteiger partial charge in [0, 0.05) is 17.7 Å². The lowest BCUT2D eigenvalue weighted by atomic mass is 10.1. The second-order valence-electron chi connectivity index (χ2n) is 5.92. The monoisotopic (exact) mass is 368 g/mol. The van der Waals surface area contributed by atoms with Gasteiger partial charge in [0.15, 0.2) is 5.82 Å². The van der Waals surface area contributed by atoms with Crippen molar-refractivity contribution in [2.45, 2.75) is 0 Å². The van der Waals surface area contributed by atoms with Gasteiger partial charge in [0.25, 0.3) is 5.69 Å². The first-order chi connectivity index (χ1) is 13.6. The summed E-state index contributed by atoms with van der Waals surface area (Å²) in [4.78, 5) is 19.6. The van der Waals surface area contributed by atoms with Crippen molar-refractivity contribution >= 4 is 16.6 Å². The Labute approximate surface area is 159 Å². The van der Waals surface area contributed by atoms with Crippen LogP contribution in [0.1, 0.15) is 5.56 Å². The second kappa shape index (κ2) is 7.13. The fraction of sp³-hybridized carbons (Fsp3) is 0. The summed E-state index contributed by atoms with van der Waals surface area (Å²) < 4.78 is 5.94. The highest BCUT2D eigenvalue weighted by Crippen LogP contribution is 2.31. The molecule has 28 heavy (non-hydrogen) atoms. The van der Waals surface area contributed by atoms with Gasteiger partial charge in [-0.25, -0.2) is 4.98 Å². The average molecular weight is 368 g/mol. The Hall–Kier alpha value is -4.31. The maximum Gasteiger partial charge on any atom is 0.270 e. The molecule has 0 saturated heterocycles. The molecular weight excluding hydrogens is 356 g/mol. The van der Waals surface area contributed by atoms with Crippen LogP contribution in [0.2, 0.25) is 0 Å². The molecule has 0 atom stereocenters. The summed E-state index contributed by atoms with van der Waals surface area (Å²) in [6.45, 7) is 0. The van der Waals surface area contributed by atoms with Gasteiger partial charge in [-0.05, 0) is 36.4 Å². The molecule has 4 aromatic rings.